The predicted octanol–water partition coefficient (Wildman–Crippen LogP) is 5.03. The van der Waals surface area contributed by atoms with Gasteiger partial charge in [0, 0.05) is 12.1 Å². The highest BCUT2D eigenvalue weighted by atomic mass is 16.5. The summed E-state index contributed by atoms with van der Waals surface area (Å²) in [5, 5.41) is 21.1. The van der Waals surface area contributed by atoms with Crippen LogP contribution in [0, 0.1) is 0 Å². The molecular weight excluding hydrogens is 434 g/mol. The number of methoxy groups -OCH3 is 2. The number of fused-ring (bicyclic) bond motifs is 1. The van der Waals surface area contributed by atoms with E-state index in [4.69, 9.17) is 18.6 Å². The average Bonchev–Trinajstić information content (AvgIpc) is 3.02. The maximum atomic E-state index is 11.0. The number of aliphatic hydroxyl groups is 1. The van der Waals surface area contributed by atoms with Crippen molar-refractivity contribution in [1.29, 1.82) is 0 Å². The van der Waals surface area contributed by atoms with Crippen LogP contribution in [0.5, 0.6) is 23.0 Å². The molecule has 1 aliphatic carbocycles. The van der Waals surface area contributed by atoms with Gasteiger partial charge in [0.15, 0.2) is 17.2 Å². The number of aryl methyl sites for hydroxylation is 1. The molecule has 4 rings (SSSR count). The molecule has 184 valence electrons. The van der Waals surface area contributed by atoms with E-state index >= 15 is 0 Å². The molecule has 1 fully saturated rings. The number of aliphatic hydroxyl groups excluding tert-OH is 1. The van der Waals surface area contributed by atoms with Crippen molar-refractivity contribution in [3.63, 3.8) is 0 Å². The van der Waals surface area contributed by atoms with Gasteiger partial charge in [-0.3, -0.25) is 4.90 Å². The van der Waals surface area contributed by atoms with E-state index in [0.717, 1.165) is 30.8 Å². The van der Waals surface area contributed by atoms with E-state index in [1.54, 1.807) is 26.4 Å². The van der Waals surface area contributed by atoms with Gasteiger partial charge < -0.3 is 28.8 Å². The van der Waals surface area contributed by atoms with E-state index in [1.807, 2.05) is 18.2 Å². The number of phenolic OH excluding ortho intramolecular Hbond substituents is 1. The summed E-state index contributed by atoms with van der Waals surface area (Å²) in [6.07, 6.45) is 6.57. The van der Waals surface area contributed by atoms with E-state index in [0.29, 0.717) is 48.0 Å². The molecule has 3 aliphatic rings. The van der Waals surface area contributed by atoms with E-state index in [2.05, 4.69) is 4.90 Å². The number of hydrogen-bond acceptors (Lipinski definition) is 7. The lowest BCUT2D eigenvalue weighted by Gasteiger charge is -2.19. The number of rotatable bonds is 10. The molecule has 0 radical (unpaired) electrons. The Balaban J connectivity index is 1.54. The summed E-state index contributed by atoms with van der Waals surface area (Å²) in [6, 6.07) is 9.03. The fourth-order valence-corrected chi connectivity index (χ4v) is 4.70. The highest BCUT2D eigenvalue weighted by Crippen LogP contribution is 2.51. The molecule has 1 saturated heterocycles. The molecule has 1 aromatic carbocycles. The molecule has 7 heteroatoms. The van der Waals surface area contributed by atoms with Crippen LogP contribution in [0.4, 0.5) is 0 Å². The zero-order chi connectivity index (χ0) is 23.9. The molecule has 2 heterocycles. The number of aromatic hydroxyl groups is 1. The van der Waals surface area contributed by atoms with Crippen molar-refractivity contribution in [2.75, 3.05) is 40.5 Å². The molecule has 0 bridgehead atoms. The van der Waals surface area contributed by atoms with Crippen molar-refractivity contribution in [3.8, 4) is 34.1 Å². The van der Waals surface area contributed by atoms with Gasteiger partial charge in [0.2, 0.25) is 0 Å². The van der Waals surface area contributed by atoms with Crippen molar-refractivity contribution < 1.29 is 28.8 Å². The Hall–Kier alpha value is -2.90. The normalized spacial score (nSPS) is 15.7. The van der Waals surface area contributed by atoms with E-state index in [1.165, 1.54) is 31.9 Å². The summed E-state index contributed by atoms with van der Waals surface area (Å²) in [4.78, 5) is 2.45. The van der Waals surface area contributed by atoms with Gasteiger partial charge in [0.05, 0.1) is 19.8 Å². The molecule has 2 N–H and O–H groups in total. The SMILES string of the molecule is COc1coc(C(O)CCc2ccccc2O)c2c(OC)c(OCCN3CCCCCC3)cc1-2. The molecule has 1 atom stereocenters. The summed E-state index contributed by atoms with van der Waals surface area (Å²) in [5.41, 5.74) is 2.20. The Kier molecular flexibility index (Phi) is 8.19. The molecule has 0 spiro atoms. The lowest BCUT2D eigenvalue weighted by molar-refractivity contribution is 0.138. The second-order valence-electron chi connectivity index (χ2n) is 8.79. The molecular formula is C27H35NO6. The first kappa shape index (κ1) is 24.2. The molecule has 0 amide bonds. The van der Waals surface area contributed by atoms with Crippen LogP contribution in [0.25, 0.3) is 11.1 Å². The van der Waals surface area contributed by atoms with Crippen molar-refractivity contribution in [3.05, 3.63) is 47.9 Å². The Labute approximate surface area is 201 Å². The van der Waals surface area contributed by atoms with Gasteiger partial charge in [0.1, 0.15) is 30.5 Å². The summed E-state index contributed by atoms with van der Waals surface area (Å²) < 4.78 is 23.2. The highest BCUT2D eigenvalue weighted by molar-refractivity contribution is 5.85. The lowest BCUT2D eigenvalue weighted by Crippen LogP contribution is -2.29. The van der Waals surface area contributed by atoms with Crippen molar-refractivity contribution in [2.45, 2.75) is 44.6 Å². The Morgan fingerprint density at radius 2 is 1.79 bits per heavy atom. The van der Waals surface area contributed by atoms with Crippen molar-refractivity contribution >= 4 is 0 Å². The minimum Gasteiger partial charge on any atom is -0.508 e. The third kappa shape index (κ3) is 5.42. The highest BCUT2D eigenvalue weighted by Gasteiger charge is 2.30. The first-order valence-electron chi connectivity index (χ1n) is 12.1. The second-order valence-corrected chi connectivity index (χ2v) is 8.79. The van der Waals surface area contributed by atoms with Gasteiger partial charge in [-0.1, -0.05) is 31.0 Å². The number of para-hydroxylation sites is 1. The number of benzene rings is 1. The topological polar surface area (TPSA) is 84.5 Å². The molecule has 1 unspecified atom stereocenters. The van der Waals surface area contributed by atoms with Crippen molar-refractivity contribution in [1.82, 2.24) is 4.90 Å². The van der Waals surface area contributed by atoms with Crippen LogP contribution < -0.4 is 14.2 Å². The van der Waals surface area contributed by atoms with Crippen LogP contribution in [-0.4, -0.2) is 55.6 Å². The van der Waals surface area contributed by atoms with Gasteiger partial charge in [-0.2, -0.15) is 0 Å². The quantitative estimate of drug-likeness (QED) is 0.431. The smallest absolute Gasteiger partial charge is 0.172 e. The van der Waals surface area contributed by atoms with Gasteiger partial charge in [-0.05, 0) is 56.5 Å². The van der Waals surface area contributed by atoms with Crippen LogP contribution >= 0.6 is 0 Å². The summed E-state index contributed by atoms with van der Waals surface area (Å²) >= 11 is 0. The summed E-state index contributed by atoms with van der Waals surface area (Å²) in [6.45, 7) is 3.65. The standard InChI is InChI=1S/C27H35NO6/c1-31-24-18-34-26(22(30)12-11-19-9-5-6-10-21(19)29)25-20(24)17-23(27(25)32-2)33-16-15-28-13-7-3-4-8-14-28/h5-6,9-10,17-18,22,29-30H,3-4,7-8,11-16H2,1-2H3. The van der Waals surface area contributed by atoms with Gasteiger partial charge >= 0.3 is 0 Å². The monoisotopic (exact) mass is 469 g/mol. The zero-order valence-corrected chi connectivity index (χ0v) is 20.1. The van der Waals surface area contributed by atoms with E-state index < -0.39 is 6.10 Å². The fraction of sp³-hybridized carbons (Fsp3) is 0.481. The number of nitrogens with zero attached hydrogens (tertiary/aromatic N) is 1. The van der Waals surface area contributed by atoms with Crippen LogP contribution in [0.15, 0.2) is 41.0 Å². The molecule has 7 nitrogen and oxygen atoms in total. The molecule has 1 aromatic rings. The third-order valence-corrected chi connectivity index (χ3v) is 6.57. The van der Waals surface area contributed by atoms with Gasteiger partial charge in [0.25, 0.3) is 0 Å². The first-order valence-corrected chi connectivity index (χ1v) is 12.1. The molecule has 0 aromatic heterocycles. The van der Waals surface area contributed by atoms with Gasteiger partial charge in [-0.15, -0.1) is 0 Å². The lowest BCUT2D eigenvalue weighted by atomic mass is 10.00. The maximum Gasteiger partial charge on any atom is 0.172 e. The third-order valence-electron chi connectivity index (χ3n) is 6.57. The van der Waals surface area contributed by atoms with Crippen molar-refractivity contribution in [2.24, 2.45) is 0 Å². The van der Waals surface area contributed by atoms with Crippen LogP contribution in [0.2, 0.25) is 0 Å². The molecule has 2 aliphatic heterocycles. The second kappa shape index (κ2) is 11.5. The molecule has 34 heavy (non-hydrogen) atoms. The number of likely N-dealkylation sites (tertiary alicyclic amines) is 1. The molecule has 0 saturated carbocycles. The van der Waals surface area contributed by atoms with E-state index in [-0.39, 0.29) is 5.75 Å². The fourth-order valence-electron chi connectivity index (χ4n) is 4.70. The van der Waals surface area contributed by atoms with Crippen LogP contribution in [0.1, 0.15) is 49.5 Å². The Bertz CT molecular complexity index is 1020. The minimum absolute atomic E-state index is 0.220. The number of ether oxygens (including phenoxy) is 3. The maximum absolute atomic E-state index is 11.0. The Morgan fingerprint density at radius 1 is 1.03 bits per heavy atom. The van der Waals surface area contributed by atoms with Crippen LogP contribution in [-0.2, 0) is 6.42 Å². The largest absolute Gasteiger partial charge is 0.508 e. The predicted molar refractivity (Wildman–Crippen MR) is 130 cm³/mol. The van der Waals surface area contributed by atoms with Crippen LogP contribution in [0.3, 0.4) is 0 Å². The number of phenols is 1. The Morgan fingerprint density at radius 3 is 2.50 bits per heavy atom. The van der Waals surface area contributed by atoms with E-state index in [9.17, 15) is 10.2 Å². The zero-order valence-electron chi connectivity index (χ0n) is 20.1. The average molecular weight is 470 g/mol. The van der Waals surface area contributed by atoms with Gasteiger partial charge in [-0.25, -0.2) is 0 Å². The summed E-state index contributed by atoms with van der Waals surface area (Å²) in [7, 11) is 3.17. The summed E-state index contributed by atoms with van der Waals surface area (Å²) in [5.74, 6) is 2.31. The number of hydrogen-bond donors (Lipinski definition) is 2. The minimum atomic E-state index is -0.894. The first-order chi connectivity index (χ1) is 16.6.